The molecule has 0 saturated carbocycles. The number of aromatic amines is 1. The van der Waals surface area contributed by atoms with Gasteiger partial charge in [-0.05, 0) is 7.05 Å². The van der Waals surface area contributed by atoms with Crippen molar-refractivity contribution >= 4 is 11.7 Å². The van der Waals surface area contributed by atoms with Crippen molar-refractivity contribution in [3.63, 3.8) is 0 Å². The third kappa shape index (κ3) is 5.22. The quantitative estimate of drug-likeness (QED) is 0.162. The van der Waals surface area contributed by atoms with Gasteiger partial charge < -0.3 is 50.4 Å². The highest BCUT2D eigenvalue weighted by atomic mass is 16.7. The SMILES string of the molecule is CC(=O)C1=C(O)CN(C)[C@@H]([C@H](OC2OC(CN)C(O)C2O)C2OC(n3ccc(=O)[nH]c3=O)C(O)C2O)C(=O)N1C. The molecule has 222 valence electrons. The lowest BCUT2D eigenvalue weighted by atomic mass is 9.97. The molecule has 1 aromatic heterocycles. The fourth-order valence-electron chi connectivity index (χ4n) is 5.25. The number of nitrogens with two attached hydrogens (primary N) is 1. The maximum Gasteiger partial charge on any atom is 0.330 e. The number of H-pyrrole nitrogens is 1. The number of carbonyl (C=O) groups excluding carboxylic acids is 2. The van der Waals surface area contributed by atoms with Gasteiger partial charge in [-0.25, -0.2) is 4.79 Å². The van der Waals surface area contributed by atoms with Crippen molar-refractivity contribution in [2.75, 3.05) is 27.2 Å². The predicted molar refractivity (Wildman–Crippen MR) is 131 cm³/mol. The van der Waals surface area contributed by atoms with Gasteiger partial charge >= 0.3 is 5.69 Å². The van der Waals surface area contributed by atoms with E-state index >= 15 is 0 Å². The van der Waals surface area contributed by atoms with Gasteiger partial charge in [0, 0.05) is 32.8 Å². The fourth-order valence-corrected chi connectivity index (χ4v) is 5.25. The number of aliphatic hydroxyl groups excluding tert-OH is 5. The topological polar surface area (TPSA) is 250 Å². The van der Waals surface area contributed by atoms with Crippen LogP contribution in [0.25, 0.3) is 0 Å². The third-order valence-electron chi connectivity index (χ3n) is 7.28. The summed E-state index contributed by atoms with van der Waals surface area (Å²) >= 11 is 0. The zero-order valence-corrected chi connectivity index (χ0v) is 21.9. The summed E-state index contributed by atoms with van der Waals surface area (Å²) in [6, 6.07) is -0.441. The normalized spacial score (nSPS) is 36.2. The van der Waals surface area contributed by atoms with Crippen LogP contribution in [0.5, 0.6) is 0 Å². The Morgan fingerprint density at radius 2 is 1.80 bits per heavy atom. The van der Waals surface area contributed by atoms with Gasteiger partial charge in [-0.1, -0.05) is 0 Å². The number of allylic oxidation sites excluding steroid dienone is 1. The summed E-state index contributed by atoms with van der Waals surface area (Å²) in [5, 5.41) is 53.3. The number of carbonyl (C=O) groups is 2. The van der Waals surface area contributed by atoms with Crippen molar-refractivity contribution < 1.29 is 49.3 Å². The molecule has 8 N–H and O–H groups in total. The number of hydrogen-bond donors (Lipinski definition) is 7. The standard InChI is InChI=1S/C23H33N5O12/c1-8(29)12-9(30)7-26(2)13(20(36)27(12)3)18(40-22-17(35)14(32)10(6-24)38-22)19-15(33)16(34)21(39-19)28-5-4-11(31)25-23(28)37/h4-5,10,13-19,21-22,30,32-35H,6-7,24H2,1-3H3,(H,25,31,37)/t10?,13-,14?,15?,16?,17?,18-,19?,21?,22?/m0/s1. The minimum absolute atomic E-state index is 0.189. The van der Waals surface area contributed by atoms with Gasteiger partial charge in [0.05, 0.1) is 6.54 Å². The number of aromatic nitrogens is 2. The molecule has 8 unspecified atom stereocenters. The molecule has 3 aliphatic heterocycles. The number of ether oxygens (including phenoxy) is 3. The molecule has 17 nitrogen and oxygen atoms in total. The summed E-state index contributed by atoms with van der Waals surface area (Å²) in [6.45, 7) is 0.644. The van der Waals surface area contributed by atoms with Crippen molar-refractivity contribution in [1.29, 1.82) is 0 Å². The van der Waals surface area contributed by atoms with Crippen LogP contribution in [-0.2, 0) is 23.8 Å². The van der Waals surface area contributed by atoms with Gasteiger partial charge in [0.15, 0.2) is 18.3 Å². The van der Waals surface area contributed by atoms with E-state index in [0.717, 1.165) is 28.7 Å². The highest BCUT2D eigenvalue weighted by molar-refractivity contribution is 5.99. The van der Waals surface area contributed by atoms with E-state index < -0.39 is 90.0 Å². The molecule has 0 radical (unpaired) electrons. The van der Waals surface area contributed by atoms with Gasteiger partial charge in [0.1, 0.15) is 60.2 Å². The molecule has 0 spiro atoms. The maximum absolute atomic E-state index is 13.7. The van der Waals surface area contributed by atoms with E-state index in [0.29, 0.717) is 0 Å². The number of Topliss-reactive ketones (excluding diaryl/α,β-unsaturated/α-hetero) is 1. The highest BCUT2D eigenvalue weighted by Gasteiger charge is 2.55. The average Bonchev–Trinajstić information content (AvgIpc) is 3.29. The van der Waals surface area contributed by atoms with E-state index in [1.54, 1.807) is 0 Å². The van der Waals surface area contributed by atoms with Crippen LogP contribution in [0.1, 0.15) is 13.2 Å². The van der Waals surface area contributed by atoms with Crippen molar-refractivity contribution in [3.05, 3.63) is 44.6 Å². The summed E-state index contributed by atoms with van der Waals surface area (Å²) in [6.07, 6.45) is -13.0. The Kier molecular flexibility index (Phi) is 8.60. The number of amides is 1. The van der Waals surface area contributed by atoms with E-state index in [-0.39, 0.29) is 18.8 Å². The van der Waals surface area contributed by atoms with Crippen LogP contribution >= 0.6 is 0 Å². The van der Waals surface area contributed by atoms with Crippen LogP contribution in [-0.4, -0.2) is 139 Å². The molecule has 10 atom stereocenters. The van der Waals surface area contributed by atoms with Crippen molar-refractivity contribution in [2.45, 2.75) is 68.2 Å². The molecule has 0 aromatic carbocycles. The van der Waals surface area contributed by atoms with Crippen molar-refractivity contribution in [1.82, 2.24) is 19.4 Å². The summed E-state index contributed by atoms with van der Waals surface area (Å²) in [5.41, 5.74) is 3.65. The lowest BCUT2D eigenvalue weighted by Crippen LogP contribution is -2.59. The second-order valence-corrected chi connectivity index (χ2v) is 9.96. The summed E-state index contributed by atoms with van der Waals surface area (Å²) in [5.74, 6) is -1.82. The second kappa shape index (κ2) is 11.5. The van der Waals surface area contributed by atoms with E-state index in [2.05, 4.69) is 0 Å². The minimum Gasteiger partial charge on any atom is -0.509 e. The number of rotatable bonds is 7. The number of hydrogen-bond acceptors (Lipinski definition) is 14. The summed E-state index contributed by atoms with van der Waals surface area (Å²) in [7, 11) is 2.66. The number of ketones is 1. The van der Waals surface area contributed by atoms with Gasteiger partial charge in [0.25, 0.3) is 5.56 Å². The molecule has 1 aromatic rings. The molecule has 4 rings (SSSR count). The maximum atomic E-state index is 13.7. The molecule has 0 aliphatic carbocycles. The molecule has 40 heavy (non-hydrogen) atoms. The summed E-state index contributed by atoms with van der Waals surface area (Å²) < 4.78 is 18.2. The minimum atomic E-state index is -1.80. The summed E-state index contributed by atoms with van der Waals surface area (Å²) in [4.78, 5) is 54.1. The van der Waals surface area contributed by atoms with Gasteiger partial charge in [-0.15, -0.1) is 0 Å². The Hall–Kier alpha value is -3.00. The Labute approximate surface area is 226 Å². The van der Waals surface area contributed by atoms with E-state index in [1.807, 2.05) is 4.98 Å². The first-order valence-electron chi connectivity index (χ1n) is 12.4. The van der Waals surface area contributed by atoms with E-state index in [9.17, 15) is 44.7 Å². The Morgan fingerprint density at radius 1 is 1.12 bits per heavy atom. The van der Waals surface area contributed by atoms with Crippen molar-refractivity contribution in [3.8, 4) is 0 Å². The predicted octanol–water partition coefficient (Wildman–Crippen LogP) is -4.92. The molecule has 2 saturated heterocycles. The molecular weight excluding hydrogens is 538 g/mol. The molecule has 2 fully saturated rings. The van der Waals surface area contributed by atoms with Crippen LogP contribution in [0.15, 0.2) is 33.3 Å². The lowest BCUT2D eigenvalue weighted by molar-refractivity contribution is -0.233. The Morgan fingerprint density at radius 3 is 2.38 bits per heavy atom. The van der Waals surface area contributed by atoms with Crippen LogP contribution in [0, 0.1) is 0 Å². The average molecular weight is 572 g/mol. The molecule has 0 bridgehead atoms. The molecule has 4 heterocycles. The Bertz CT molecular complexity index is 1280. The molecule has 17 heteroatoms. The van der Waals surface area contributed by atoms with Gasteiger partial charge in [0.2, 0.25) is 5.91 Å². The number of likely N-dealkylation sites (N-methyl/N-ethyl adjacent to an activating group) is 2. The van der Waals surface area contributed by atoms with Gasteiger partial charge in [-0.2, -0.15) is 0 Å². The number of nitrogens with one attached hydrogen (secondary N) is 1. The van der Waals surface area contributed by atoms with Crippen molar-refractivity contribution in [2.24, 2.45) is 5.73 Å². The molecular formula is C23H33N5O12. The lowest BCUT2D eigenvalue weighted by Gasteiger charge is -2.38. The zero-order chi connectivity index (χ0) is 29.6. The largest absolute Gasteiger partial charge is 0.509 e. The van der Waals surface area contributed by atoms with Crippen LogP contribution in [0.2, 0.25) is 0 Å². The smallest absolute Gasteiger partial charge is 0.330 e. The Balaban J connectivity index is 1.75. The monoisotopic (exact) mass is 571 g/mol. The van der Waals surface area contributed by atoms with Crippen LogP contribution < -0.4 is 17.0 Å². The first kappa shape index (κ1) is 30.0. The highest BCUT2D eigenvalue weighted by Crippen LogP contribution is 2.36. The first-order chi connectivity index (χ1) is 18.8. The fraction of sp³-hybridized carbons (Fsp3) is 0.652. The molecule has 3 aliphatic rings. The molecule has 1 amide bonds. The van der Waals surface area contributed by atoms with Crippen LogP contribution in [0.4, 0.5) is 0 Å². The first-order valence-corrected chi connectivity index (χ1v) is 12.4. The third-order valence-corrected chi connectivity index (χ3v) is 7.28. The van der Waals surface area contributed by atoms with Crippen LogP contribution in [0.3, 0.4) is 0 Å². The van der Waals surface area contributed by atoms with E-state index in [1.165, 1.54) is 19.0 Å². The van der Waals surface area contributed by atoms with E-state index in [4.69, 9.17) is 19.9 Å². The van der Waals surface area contributed by atoms with Gasteiger partial charge in [-0.3, -0.25) is 28.8 Å². The zero-order valence-electron chi connectivity index (χ0n) is 21.9. The second-order valence-electron chi connectivity index (χ2n) is 9.96. The number of nitrogens with zero attached hydrogens (tertiary/aromatic N) is 3. The number of aliphatic hydroxyl groups is 5.